The van der Waals surface area contributed by atoms with Crippen molar-refractivity contribution in [2.24, 2.45) is 0 Å². The summed E-state index contributed by atoms with van der Waals surface area (Å²) in [6, 6.07) is 8.19. The van der Waals surface area contributed by atoms with Gasteiger partial charge in [-0.2, -0.15) is 4.98 Å². The first-order valence-corrected chi connectivity index (χ1v) is 8.31. The maximum absolute atomic E-state index is 12.6. The van der Waals surface area contributed by atoms with E-state index >= 15 is 0 Å². The monoisotopic (exact) mass is 358 g/mol. The SMILES string of the molecule is Cc1nc([C@H](NC(=O)c2cc(C3CC3)on2)c2ccc(Cl)cc2)no1. The van der Waals surface area contributed by atoms with Crippen LogP contribution in [0, 0.1) is 6.92 Å². The second-order valence-electron chi connectivity index (χ2n) is 6.02. The molecule has 1 fully saturated rings. The second kappa shape index (κ2) is 6.33. The van der Waals surface area contributed by atoms with Gasteiger partial charge in [-0.3, -0.25) is 4.79 Å². The Morgan fingerprint density at radius 1 is 1.24 bits per heavy atom. The summed E-state index contributed by atoms with van der Waals surface area (Å²) in [5, 5.41) is 11.3. The van der Waals surface area contributed by atoms with Crippen LogP contribution in [-0.2, 0) is 0 Å². The highest BCUT2D eigenvalue weighted by atomic mass is 35.5. The molecule has 25 heavy (non-hydrogen) atoms. The van der Waals surface area contributed by atoms with E-state index in [9.17, 15) is 4.79 Å². The number of aryl methyl sites for hydroxylation is 1. The molecule has 1 amide bonds. The molecule has 0 radical (unpaired) electrons. The number of nitrogens with one attached hydrogen (secondary N) is 1. The average molecular weight is 359 g/mol. The highest BCUT2D eigenvalue weighted by molar-refractivity contribution is 6.30. The van der Waals surface area contributed by atoms with Crippen molar-refractivity contribution in [3.8, 4) is 0 Å². The van der Waals surface area contributed by atoms with Gasteiger partial charge in [-0.1, -0.05) is 34.0 Å². The summed E-state index contributed by atoms with van der Waals surface area (Å²) in [5.74, 6) is 1.56. The van der Waals surface area contributed by atoms with E-state index in [2.05, 4.69) is 20.6 Å². The van der Waals surface area contributed by atoms with E-state index in [4.69, 9.17) is 20.6 Å². The molecule has 1 saturated carbocycles. The third-order valence-corrected chi connectivity index (χ3v) is 4.27. The Morgan fingerprint density at radius 2 is 2.00 bits per heavy atom. The molecule has 7 nitrogen and oxygen atoms in total. The van der Waals surface area contributed by atoms with Gasteiger partial charge in [0, 0.05) is 23.9 Å². The lowest BCUT2D eigenvalue weighted by molar-refractivity contribution is 0.0932. The van der Waals surface area contributed by atoms with Crippen molar-refractivity contribution >= 4 is 17.5 Å². The Kier molecular flexibility index (Phi) is 4.01. The first kappa shape index (κ1) is 15.8. The summed E-state index contributed by atoms with van der Waals surface area (Å²) in [6.07, 6.45) is 2.15. The zero-order valence-electron chi connectivity index (χ0n) is 13.4. The Balaban J connectivity index is 1.60. The van der Waals surface area contributed by atoms with Crippen LogP contribution in [0.4, 0.5) is 0 Å². The first-order chi connectivity index (χ1) is 12.1. The Morgan fingerprint density at radius 3 is 2.64 bits per heavy atom. The summed E-state index contributed by atoms with van der Waals surface area (Å²) < 4.78 is 10.3. The molecule has 8 heteroatoms. The Hall–Kier alpha value is -2.67. The molecule has 2 aromatic heterocycles. The Bertz CT molecular complexity index is 899. The van der Waals surface area contributed by atoms with Crippen LogP contribution in [0.2, 0.25) is 5.02 Å². The molecule has 1 aromatic carbocycles. The van der Waals surface area contributed by atoms with Crippen LogP contribution < -0.4 is 5.32 Å². The minimum absolute atomic E-state index is 0.237. The van der Waals surface area contributed by atoms with Crippen molar-refractivity contribution in [1.82, 2.24) is 20.6 Å². The summed E-state index contributed by atoms with van der Waals surface area (Å²) in [4.78, 5) is 16.8. The van der Waals surface area contributed by atoms with Crippen LogP contribution in [-0.4, -0.2) is 21.2 Å². The van der Waals surface area contributed by atoms with E-state index in [1.807, 2.05) is 0 Å². The summed E-state index contributed by atoms with van der Waals surface area (Å²) in [5.41, 5.74) is 1.02. The van der Waals surface area contributed by atoms with Gasteiger partial charge in [0.05, 0.1) is 0 Å². The molecule has 0 aliphatic heterocycles. The van der Waals surface area contributed by atoms with Crippen molar-refractivity contribution < 1.29 is 13.8 Å². The molecule has 3 aromatic rings. The zero-order valence-corrected chi connectivity index (χ0v) is 14.2. The van der Waals surface area contributed by atoms with Crippen LogP contribution in [0.1, 0.15) is 58.3 Å². The fourth-order valence-corrected chi connectivity index (χ4v) is 2.67. The molecule has 1 aliphatic rings. The standard InChI is InChI=1S/C17H15ClN4O3/c1-9-19-16(22-24-9)15(11-4-6-12(18)7-5-11)20-17(23)13-8-14(25-21-13)10-2-3-10/h4-8,10,15H,2-3H2,1H3,(H,20,23)/t15-/m1/s1. The van der Waals surface area contributed by atoms with E-state index in [0.717, 1.165) is 24.2 Å². The van der Waals surface area contributed by atoms with Crippen LogP contribution in [0.3, 0.4) is 0 Å². The Labute approximate surface area is 148 Å². The number of benzene rings is 1. The molecule has 0 spiro atoms. The number of halogens is 1. The summed E-state index contributed by atoms with van der Waals surface area (Å²) in [6.45, 7) is 1.69. The van der Waals surface area contributed by atoms with E-state index in [-0.39, 0.29) is 11.6 Å². The number of amides is 1. The van der Waals surface area contributed by atoms with E-state index in [1.54, 1.807) is 37.3 Å². The fraction of sp³-hybridized carbons (Fsp3) is 0.294. The third-order valence-electron chi connectivity index (χ3n) is 4.02. The molecule has 4 rings (SSSR count). The highest BCUT2D eigenvalue weighted by Gasteiger charge is 2.30. The molecule has 128 valence electrons. The minimum atomic E-state index is -0.580. The highest BCUT2D eigenvalue weighted by Crippen LogP contribution is 2.40. The molecule has 0 saturated heterocycles. The molecule has 0 unspecified atom stereocenters. The topological polar surface area (TPSA) is 94.1 Å². The third kappa shape index (κ3) is 3.41. The van der Waals surface area contributed by atoms with Gasteiger partial charge in [0.15, 0.2) is 11.5 Å². The number of hydrogen-bond donors (Lipinski definition) is 1. The quantitative estimate of drug-likeness (QED) is 0.751. The van der Waals surface area contributed by atoms with Gasteiger partial charge < -0.3 is 14.4 Å². The fourth-order valence-electron chi connectivity index (χ4n) is 2.55. The zero-order chi connectivity index (χ0) is 17.4. The van der Waals surface area contributed by atoms with Crippen LogP contribution in [0.5, 0.6) is 0 Å². The van der Waals surface area contributed by atoms with Crippen LogP contribution in [0.25, 0.3) is 0 Å². The van der Waals surface area contributed by atoms with Gasteiger partial charge in [-0.05, 0) is 30.5 Å². The lowest BCUT2D eigenvalue weighted by Gasteiger charge is -2.15. The van der Waals surface area contributed by atoms with Gasteiger partial charge >= 0.3 is 0 Å². The number of nitrogens with zero attached hydrogens (tertiary/aromatic N) is 3. The van der Waals surface area contributed by atoms with E-state index in [1.165, 1.54) is 0 Å². The summed E-state index contributed by atoms with van der Waals surface area (Å²) >= 11 is 5.95. The first-order valence-electron chi connectivity index (χ1n) is 7.93. The summed E-state index contributed by atoms with van der Waals surface area (Å²) in [7, 11) is 0. The molecule has 1 aliphatic carbocycles. The van der Waals surface area contributed by atoms with Crippen molar-refractivity contribution in [3.63, 3.8) is 0 Å². The average Bonchev–Trinajstić information content (AvgIpc) is 3.17. The maximum atomic E-state index is 12.6. The number of hydrogen-bond acceptors (Lipinski definition) is 6. The lowest BCUT2D eigenvalue weighted by atomic mass is 10.1. The van der Waals surface area contributed by atoms with Crippen molar-refractivity contribution in [2.75, 3.05) is 0 Å². The molecular formula is C17H15ClN4O3. The number of carbonyl (C=O) groups is 1. The maximum Gasteiger partial charge on any atom is 0.274 e. The van der Waals surface area contributed by atoms with Gasteiger partial charge in [0.1, 0.15) is 11.8 Å². The van der Waals surface area contributed by atoms with Crippen LogP contribution >= 0.6 is 11.6 Å². The minimum Gasteiger partial charge on any atom is -0.360 e. The molecule has 2 heterocycles. The largest absolute Gasteiger partial charge is 0.360 e. The van der Waals surface area contributed by atoms with Crippen LogP contribution in [0.15, 0.2) is 39.4 Å². The van der Waals surface area contributed by atoms with Gasteiger partial charge in [0.25, 0.3) is 5.91 Å². The van der Waals surface area contributed by atoms with Crippen molar-refractivity contribution in [1.29, 1.82) is 0 Å². The van der Waals surface area contributed by atoms with Crippen molar-refractivity contribution in [2.45, 2.75) is 31.7 Å². The smallest absolute Gasteiger partial charge is 0.274 e. The second-order valence-corrected chi connectivity index (χ2v) is 6.45. The molecule has 0 bridgehead atoms. The number of rotatable bonds is 5. The predicted molar refractivity (Wildman–Crippen MR) is 88.3 cm³/mol. The van der Waals surface area contributed by atoms with E-state index < -0.39 is 6.04 Å². The van der Waals surface area contributed by atoms with Gasteiger partial charge in [-0.25, -0.2) is 0 Å². The normalized spacial score (nSPS) is 15.1. The molecule has 1 N–H and O–H groups in total. The lowest BCUT2D eigenvalue weighted by Crippen LogP contribution is -2.30. The number of carbonyl (C=O) groups excluding carboxylic acids is 1. The van der Waals surface area contributed by atoms with Gasteiger partial charge in [-0.15, -0.1) is 0 Å². The predicted octanol–water partition coefficient (Wildman–Crippen LogP) is 3.42. The molecule has 1 atom stereocenters. The van der Waals surface area contributed by atoms with E-state index in [0.29, 0.717) is 22.7 Å². The van der Waals surface area contributed by atoms with Gasteiger partial charge in [0.2, 0.25) is 5.89 Å². The molecular weight excluding hydrogens is 344 g/mol. The number of aromatic nitrogens is 3. The van der Waals surface area contributed by atoms with Crippen molar-refractivity contribution in [3.05, 3.63) is 64.1 Å².